The van der Waals surface area contributed by atoms with Gasteiger partial charge in [-0.3, -0.25) is 18.7 Å². The normalized spacial score (nSPS) is 10.9. The molecule has 162 valence electrons. The average molecular weight is 428 g/mol. The average Bonchev–Trinajstić information content (AvgIpc) is 2.82. The zero-order chi connectivity index (χ0) is 22.7. The van der Waals surface area contributed by atoms with Crippen molar-refractivity contribution in [1.29, 1.82) is 0 Å². The first-order chi connectivity index (χ1) is 15.5. The Balaban J connectivity index is 1.79. The molecule has 32 heavy (non-hydrogen) atoms. The Morgan fingerprint density at radius 1 is 0.844 bits per heavy atom. The lowest BCUT2D eigenvalue weighted by molar-refractivity contribution is -0.119. The second-order valence-corrected chi connectivity index (χ2v) is 7.74. The lowest BCUT2D eigenvalue weighted by Crippen LogP contribution is -2.43. The number of nitrogens with zero attached hydrogens (tertiary/aromatic N) is 3. The van der Waals surface area contributed by atoms with E-state index >= 15 is 0 Å². The Morgan fingerprint density at radius 2 is 1.50 bits per heavy atom. The SMILES string of the molecule is CCn1c(=O)c2ccccc2n(CC(=O)N(Cc2ccccc2)c2ccc(C)cc2)c1=O. The van der Waals surface area contributed by atoms with Gasteiger partial charge in [0.05, 0.1) is 17.4 Å². The fraction of sp³-hybridized carbons (Fsp3) is 0.192. The smallest absolute Gasteiger partial charge is 0.306 e. The lowest BCUT2D eigenvalue weighted by atomic mass is 10.1. The van der Waals surface area contributed by atoms with Gasteiger partial charge in [-0.1, -0.05) is 60.2 Å². The maximum Gasteiger partial charge on any atom is 0.331 e. The van der Waals surface area contributed by atoms with Gasteiger partial charge < -0.3 is 4.90 Å². The molecule has 0 radical (unpaired) electrons. The predicted octanol–water partition coefficient (Wildman–Crippen LogP) is 3.72. The summed E-state index contributed by atoms with van der Waals surface area (Å²) < 4.78 is 2.57. The van der Waals surface area contributed by atoms with Crippen molar-refractivity contribution in [3.8, 4) is 0 Å². The minimum Gasteiger partial charge on any atom is -0.306 e. The van der Waals surface area contributed by atoms with Crippen LogP contribution in [0.4, 0.5) is 5.69 Å². The minimum absolute atomic E-state index is 0.166. The summed E-state index contributed by atoms with van der Waals surface area (Å²) >= 11 is 0. The number of hydrogen-bond donors (Lipinski definition) is 0. The molecule has 0 unspecified atom stereocenters. The van der Waals surface area contributed by atoms with Crippen LogP contribution in [0.25, 0.3) is 10.9 Å². The first kappa shape index (κ1) is 21.3. The van der Waals surface area contributed by atoms with Crippen LogP contribution in [0.2, 0.25) is 0 Å². The van der Waals surface area contributed by atoms with Crippen LogP contribution in [0.3, 0.4) is 0 Å². The zero-order valence-electron chi connectivity index (χ0n) is 18.2. The highest BCUT2D eigenvalue weighted by atomic mass is 16.2. The molecule has 0 aliphatic rings. The van der Waals surface area contributed by atoms with Crippen molar-refractivity contribution in [3.63, 3.8) is 0 Å². The van der Waals surface area contributed by atoms with E-state index in [2.05, 4.69) is 0 Å². The van der Waals surface area contributed by atoms with Crippen LogP contribution in [-0.2, 0) is 24.4 Å². The van der Waals surface area contributed by atoms with Crippen molar-refractivity contribution in [2.75, 3.05) is 4.90 Å². The third-order valence-corrected chi connectivity index (χ3v) is 5.57. The summed E-state index contributed by atoms with van der Waals surface area (Å²) in [6.45, 7) is 4.19. The minimum atomic E-state index is -0.479. The third-order valence-electron chi connectivity index (χ3n) is 5.57. The summed E-state index contributed by atoms with van der Waals surface area (Å²) in [6.07, 6.45) is 0. The van der Waals surface area contributed by atoms with Crippen molar-refractivity contribution in [3.05, 3.63) is 111 Å². The summed E-state index contributed by atoms with van der Waals surface area (Å²) in [6, 6.07) is 24.4. The summed E-state index contributed by atoms with van der Waals surface area (Å²) in [7, 11) is 0. The van der Waals surface area contributed by atoms with Crippen molar-refractivity contribution < 1.29 is 4.79 Å². The number of aryl methyl sites for hydroxylation is 1. The van der Waals surface area contributed by atoms with E-state index in [1.54, 1.807) is 36.1 Å². The highest BCUT2D eigenvalue weighted by Crippen LogP contribution is 2.19. The molecule has 4 rings (SSSR count). The van der Waals surface area contributed by atoms with Crippen LogP contribution in [0.5, 0.6) is 0 Å². The van der Waals surface area contributed by atoms with Crippen LogP contribution < -0.4 is 16.1 Å². The number of carbonyl (C=O) groups is 1. The molecule has 0 spiro atoms. The van der Waals surface area contributed by atoms with Crippen LogP contribution in [-0.4, -0.2) is 15.0 Å². The molecular weight excluding hydrogens is 402 g/mol. The van der Waals surface area contributed by atoms with Crippen LogP contribution >= 0.6 is 0 Å². The van der Waals surface area contributed by atoms with Crippen molar-refractivity contribution in [1.82, 2.24) is 9.13 Å². The molecule has 3 aromatic carbocycles. The maximum absolute atomic E-state index is 13.6. The molecule has 4 aromatic rings. The first-order valence-electron chi connectivity index (χ1n) is 10.6. The molecular formula is C26H25N3O3. The molecule has 0 N–H and O–H groups in total. The fourth-order valence-electron chi connectivity index (χ4n) is 3.84. The standard InChI is InChI=1S/C26H25N3O3/c1-3-27-25(31)22-11-7-8-12-23(22)29(26(27)32)18-24(30)28(17-20-9-5-4-6-10-20)21-15-13-19(2)14-16-21/h4-16H,3,17-18H2,1-2H3. The van der Waals surface area contributed by atoms with E-state index in [9.17, 15) is 14.4 Å². The van der Waals surface area contributed by atoms with Gasteiger partial charge in [-0.25, -0.2) is 4.79 Å². The van der Waals surface area contributed by atoms with Crippen LogP contribution in [0.15, 0.2) is 88.5 Å². The van der Waals surface area contributed by atoms with Gasteiger partial charge >= 0.3 is 5.69 Å². The molecule has 0 saturated carbocycles. The third kappa shape index (κ3) is 4.12. The Bertz CT molecular complexity index is 1370. The van der Waals surface area contributed by atoms with Crippen molar-refractivity contribution in [2.24, 2.45) is 0 Å². The Labute approximate surface area is 186 Å². The van der Waals surface area contributed by atoms with Gasteiger partial charge in [0, 0.05) is 12.2 Å². The molecule has 0 aliphatic heterocycles. The Kier molecular flexibility index (Phi) is 6.03. The van der Waals surface area contributed by atoms with Gasteiger partial charge in [-0.15, -0.1) is 0 Å². The number of rotatable bonds is 6. The number of amides is 1. The number of anilines is 1. The fourth-order valence-corrected chi connectivity index (χ4v) is 3.84. The molecule has 1 amide bonds. The van der Waals surface area contributed by atoms with E-state index in [0.717, 1.165) is 16.8 Å². The van der Waals surface area contributed by atoms with Crippen LogP contribution in [0.1, 0.15) is 18.1 Å². The highest BCUT2D eigenvalue weighted by molar-refractivity contribution is 5.94. The van der Waals surface area contributed by atoms with Crippen molar-refractivity contribution in [2.45, 2.75) is 33.5 Å². The molecule has 1 heterocycles. The molecule has 6 nitrogen and oxygen atoms in total. The molecule has 0 atom stereocenters. The first-order valence-corrected chi connectivity index (χ1v) is 10.6. The number of benzene rings is 3. The van der Waals surface area contributed by atoms with Gasteiger partial charge in [-0.2, -0.15) is 0 Å². The molecule has 0 bridgehead atoms. The number of hydrogen-bond acceptors (Lipinski definition) is 3. The number of para-hydroxylation sites is 1. The monoisotopic (exact) mass is 427 g/mol. The Hall–Kier alpha value is -3.93. The van der Waals surface area contributed by atoms with E-state index in [1.165, 1.54) is 9.13 Å². The molecule has 6 heteroatoms. The number of aromatic nitrogens is 2. The van der Waals surface area contributed by atoms with E-state index in [4.69, 9.17) is 0 Å². The lowest BCUT2D eigenvalue weighted by Gasteiger charge is -2.24. The largest absolute Gasteiger partial charge is 0.331 e. The molecule has 1 aromatic heterocycles. The topological polar surface area (TPSA) is 64.3 Å². The van der Waals surface area contributed by atoms with Gasteiger partial charge in [-0.05, 0) is 43.7 Å². The Morgan fingerprint density at radius 3 is 2.19 bits per heavy atom. The summed E-state index contributed by atoms with van der Waals surface area (Å²) in [5.41, 5.74) is 2.48. The van der Waals surface area contributed by atoms with Gasteiger partial charge in [0.2, 0.25) is 5.91 Å². The molecule has 0 saturated heterocycles. The van der Waals surface area contributed by atoms with Gasteiger partial charge in [0.1, 0.15) is 6.54 Å². The second kappa shape index (κ2) is 9.06. The second-order valence-electron chi connectivity index (χ2n) is 7.74. The zero-order valence-corrected chi connectivity index (χ0v) is 18.2. The summed E-state index contributed by atoms with van der Waals surface area (Å²) in [5.74, 6) is -0.230. The summed E-state index contributed by atoms with van der Waals surface area (Å²) in [5, 5.41) is 0.423. The van der Waals surface area contributed by atoms with E-state index in [1.807, 2.05) is 61.5 Å². The van der Waals surface area contributed by atoms with E-state index < -0.39 is 5.69 Å². The number of carbonyl (C=O) groups excluding carboxylic acids is 1. The molecule has 0 aliphatic carbocycles. The predicted molar refractivity (Wildman–Crippen MR) is 127 cm³/mol. The van der Waals surface area contributed by atoms with E-state index in [0.29, 0.717) is 17.4 Å². The van der Waals surface area contributed by atoms with Gasteiger partial charge in [0.15, 0.2) is 0 Å². The van der Waals surface area contributed by atoms with Gasteiger partial charge in [0.25, 0.3) is 5.56 Å². The maximum atomic E-state index is 13.6. The summed E-state index contributed by atoms with van der Waals surface area (Å²) in [4.78, 5) is 41.0. The van der Waals surface area contributed by atoms with E-state index in [-0.39, 0.29) is 24.6 Å². The number of fused-ring (bicyclic) bond motifs is 1. The molecule has 0 fully saturated rings. The van der Waals surface area contributed by atoms with Crippen LogP contribution in [0, 0.1) is 6.92 Å². The quantitative estimate of drug-likeness (QED) is 0.471. The van der Waals surface area contributed by atoms with Crippen molar-refractivity contribution >= 4 is 22.5 Å². The highest BCUT2D eigenvalue weighted by Gasteiger charge is 2.20.